The summed E-state index contributed by atoms with van der Waals surface area (Å²) in [7, 11) is 0. The fraction of sp³-hybridized carbons (Fsp3) is 0. The number of nitrogens with zero attached hydrogens (tertiary/aromatic N) is 3. The summed E-state index contributed by atoms with van der Waals surface area (Å²) in [5, 5.41) is 34.3. The summed E-state index contributed by atoms with van der Waals surface area (Å²) in [5.74, 6) is -0.924. The molecule has 0 saturated carbocycles. The van der Waals surface area contributed by atoms with Crippen LogP contribution in [0.25, 0.3) is 10.2 Å². The van der Waals surface area contributed by atoms with Gasteiger partial charge >= 0.3 is 5.69 Å². The standard InChI is InChI=1S/C14H10N4O4S/c19-11-6-12(20)10(18(21)22)5-8(11)7-15-17-14-16-9-3-1-2-4-13(9)23-14/h1-7,19-20H,(H,16,17)/b15-7+. The molecule has 0 bridgehead atoms. The molecule has 3 rings (SSSR count). The molecule has 1 heterocycles. The van der Waals surface area contributed by atoms with E-state index in [9.17, 15) is 20.3 Å². The Bertz CT molecular complexity index is 889. The molecular formula is C14H10N4O4S. The molecule has 0 unspecified atom stereocenters. The van der Waals surface area contributed by atoms with Crippen LogP contribution in [-0.2, 0) is 0 Å². The fourth-order valence-corrected chi connectivity index (χ4v) is 2.72. The normalized spacial score (nSPS) is 11.1. The first-order valence-electron chi connectivity index (χ1n) is 6.39. The molecule has 3 N–H and O–H groups in total. The predicted octanol–water partition coefficient (Wildman–Crippen LogP) is 3.06. The van der Waals surface area contributed by atoms with Gasteiger partial charge in [-0.3, -0.25) is 15.5 Å². The highest BCUT2D eigenvalue weighted by Gasteiger charge is 2.16. The summed E-state index contributed by atoms with van der Waals surface area (Å²) in [6, 6.07) is 9.52. The number of phenolic OH excluding ortho intramolecular Hbond substituents is 2. The fourth-order valence-electron chi connectivity index (χ4n) is 1.91. The quantitative estimate of drug-likeness (QED) is 0.384. The van der Waals surface area contributed by atoms with Gasteiger partial charge in [-0.15, -0.1) is 0 Å². The van der Waals surface area contributed by atoms with Crippen molar-refractivity contribution in [1.82, 2.24) is 4.98 Å². The highest BCUT2D eigenvalue weighted by atomic mass is 32.1. The van der Waals surface area contributed by atoms with Crippen molar-refractivity contribution in [2.24, 2.45) is 5.10 Å². The largest absolute Gasteiger partial charge is 0.507 e. The molecule has 0 saturated heterocycles. The molecule has 2 aromatic carbocycles. The van der Waals surface area contributed by atoms with E-state index in [1.807, 2.05) is 24.3 Å². The molecule has 9 heteroatoms. The SMILES string of the molecule is O=[N+]([O-])c1cc(/C=N/Nc2nc3ccccc3s2)c(O)cc1O. The Labute approximate surface area is 133 Å². The number of phenols is 2. The van der Waals surface area contributed by atoms with Gasteiger partial charge in [0.2, 0.25) is 5.13 Å². The minimum Gasteiger partial charge on any atom is -0.507 e. The molecule has 0 amide bonds. The molecule has 0 spiro atoms. The first kappa shape index (κ1) is 14.7. The van der Waals surface area contributed by atoms with E-state index in [0.717, 1.165) is 22.3 Å². The average molecular weight is 330 g/mol. The summed E-state index contributed by atoms with van der Waals surface area (Å²) in [5.41, 5.74) is 3.13. The van der Waals surface area contributed by atoms with Crippen LogP contribution in [0, 0.1) is 10.1 Å². The second-order valence-corrected chi connectivity index (χ2v) is 5.54. The Morgan fingerprint density at radius 2 is 2.04 bits per heavy atom. The number of nitrogens with one attached hydrogen (secondary N) is 1. The lowest BCUT2D eigenvalue weighted by molar-refractivity contribution is -0.385. The van der Waals surface area contributed by atoms with E-state index in [2.05, 4.69) is 15.5 Å². The first-order chi connectivity index (χ1) is 11.0. The van der Waals surface area contributed by atoms with Gasteiger partial charge in [0.05, 0.1) is 21.4 Å². The minimum absolute atomic E-state index is 0.100. The Hall–Kier alpha value is -3.20. The smallest absolute Gasteiger partial charge is 0.311 e. The molecule has 0 atom stereocenters. The van der Waals surface area contributed by atoms with Crippen LogP contribution in [0.5, 0.6) is 11.5 Å². The van der Waals surface area contributed by atoms with Crippen molar-refractivity contribution in [3.63, 3.8) is 0 Å². The summed E-state index contributed by atoms with van der Waals surface area (Å²) in [6.45, 7) is 0. The number of aromatic hydroxyl groups is 2. The highest BCUT2D eigenvalue weighted by molar-refractivity contribution is 7.22. The van der Waals surface area contributed by atoms with Gasteiger partial charge in [0.1, 0.15) is 5.75 Å². The van der Waals surface area contributed by atoms with Crippen LogP contribution in [0.3, 0.4) is 0 Å². The number of fused-ring (bicyclic) bond motifs is 1. The summed E-state index contributed by atoms with van der Waals surface area (Å²) in [4.78, 5) is 14.3. The Balaban J connectivity index is 1.82. The molecule has 116 valence electrons. The topological polar surface area (TPSA) is 121 Å². The predicted molar refractivity (Wildman–Crippen MR) is 87.3 cm³/mol. The zero-order chi connectivity index (χ0) is 16.4. The number of para-hydroxylation sites is 1. The van der Waals surface area contributed by atoms with Crippen molar-refractivity contribution < 1.29 is 15.1 Å². The lowest BCUT2D eigenvalue weighted by Crippen LogP contribution is -1.94. The minimum atomic E-state index is -0.743. The molecule has 0 fully saturated rings. The lowest BCUT2D eigenvalue weighted by atomic mass is 10.2. The van der Waals surface area contributed by atoms with Crippen LogP contribution in [0.2, 0.25) is 0 Å². The van der Waals surface area contributed by atoms with Crippen molar-refractivity contribution >= 4 is 38.6 Å². The van der Waals surface area contributed by atoms with E-state index in [-0.39, 0.29) is 11.3 Å². The maximum atomic E-state index is 10.8. The van der Waals surface area contributed by atoms with Gasteiger partial charge in [0.25, 0.3) is 0 Å². The average Bonchev–Trinajstić information content (AvgIpc) is 2.91. The Morgan fingerprint density at radius 3 is 2.78 bits per heavy atom. The zero-order valence-electron chi connectivity index (χ0n) is 11.5. The number of hydrogen-bond donors (Lipinski definition) is 3. The van der Waals surface area contributed by atoms with Crippen molar-refractivity contribution in [2.45, 2.75) is 0 Å². The van der Waals surface area contributed by atoms with Crippen molar-refractivity contribution in [3.05, 3.63) is 52.1 Å². The summed E-state index contributed by atoms with van der Waals surface area (Å²) < 4.78 is 0.994. The molecule has 3 aromatic rings. The number of aromatic nitrogens is 1. The number of nitro benzene ring substituents is 1. The molecule has 0 aliphatic rings. The molecule has 0 aliphatic carbocycles. The number of rotatable bonds is 4. The van der Waals surface area contributed by atoms with Gasteiger partial charge in [-0.05, 0) is 12.1 Å². The van der Waals surface area contributed by atoms with Crippen LogP contribution in [0.4, 0.5) is 10.8 Å². The number of nitro groups is 1. The van der Waals surface area contributed by atoms with Gasteiger partial charge < -0.3 is 10.2 Å². The number of benzene rings is 2. The van der Waals surface area contributed by atoms with E-state index in [0.29, 0.717) is 5.13 Å². The maximum Gasteiger partial charge on any atom is 0.311 e. The second kappa shape index (κ2) is 5.89. The van der Waals surface area contributed by atoms with Crippen LogP contribution >= 0.6 is 11.3 Å². The van der Waals surface area contributed by atoms with E-state index >= 15 is 0 Å². The summed E-state index contributed by atoms with van der Waals surface area (Å²) >= 11 is 1.40. The third-order valence-electron chi connectivity index (χ3n) is 2.98. The molecule has 1 aromatic heterocycles. The van der Waals surface area contributed by atoms with Gasteiger partial charge in [-0.1, -0.05) is 23.5 Å². The highest BCUT2D eigenvalue weighted by Crippen LogP contribution is 2.32. The van der Waals surface area contributed by atoms with Crippen molar-refractivity contribution in [3.8, 4) is 11.5 Å². The number of hydrazone groups is 1. The van der Waals surface area contributed by atoms with E-state index < -0.39 is 16.4 Å². The van der Waals surface area contributed by atoms with E-state index in [1.165, 1.54) is 17.6 Å². The maximum absolute atomic E-state index is 10.8. The van der Waals surface area contributed by atoms with Gasteiger partial charge in [-0.25, -0.2) is 4.98 Å². The molecule has 23 heavy (non-hydrogen) atoms. The number of thiazole rings is 1. The molecular weight excluding hydrogens is 320 g/mol. The first-order valence-corrected chi connectivity index (χ1v) is 7.21. The van der Waals surface area contributed by atoms with Crippen LogP contribution < -0.4 is 5.43 Å². The third-order valence-corrected chi connectivity index (χ3v) is 3.92. The van der Waals surface area contributed by atoms with Gasteiger partial charge in [-0.2, -0.15) is 5.10 Å². The monoisotopic (exact) mass is 330 g/mol. The zero-order valence-corrected chi connectivity index (χ0v) is 12.3. The van der Waals surface area contributed by atoms with Gasteiger partial charge in [0, 0.05) is 17.7 Å². The van der Waals surface area contributed by atoms with E-state index in [1.54, 1.807) is 0 Å². The van der Waals surface area contributed by atoms with Crippen LogP contribution in [0.15, 0.2) is 41.5 Å². The number of hydrogen-bond acceptors (Lipinski definition) is 8. The molecule has 0 aliphatic heterocycles. The number of anilines is 1. The molecule has 8 nitrogen and oxygen atoms in total. The van der Waals surface area contributed by atoms with Gasteiger partial charge in [0.15, 0.2) is 5.75 Å². The Kier molecular flexibility index (Phi) is 3.77. The van der Waals surface area contributed by atoms with Crippen LogP contribution in [0.1, 0.15) is 5.56 Å². The lowest BCUT2D eigenvalue weighted by Gasteiger charge is -2.01. The third kappa shape index (κ3) is 3.04. The van der Waals surface area contributed by atoms with E-state index in [4.69, 9.17) is 0 Å². The second-order valence-electron chi connectivity index (χ2n) is 4.51. The molecule has 0 radical (unpaired) electrons. The summed E-state index contributed by atoms with van der Waals surface area (Å²) in [6.07, 6.45) is 1.22. The van der Waals surface area contributed by atoms with Crippen molar-refractivity contribution in [1.29, 1.82) is 0 Å². The Morgan fingerprint density at radius 1 is 1.26 bits per heavy atom. The van der Waals surface area contributed by atoms with Crippen molar-refractivity contribution in [2.75, 3.05) is 5.43 Å². The van der Waals surface area contributed by atoms with Crippen LogP contribution in [-0.4, -0.2) is 26.3 Å².